The molecule has 0 radical (unpaired) electrons. The zero-order valence-corrected chi connectivity index (χ0v) is 18.6. The summed E-state index contributed by atoms with van der Waals surface area (Å²) in [6.45, 7) is 1.37. The Morgan fingerprint density at radius 3 is 2.81 bits per heavy atom. The number of rotatable bonds is 3. The monoisotopic (exact) mass is 436 g/mol. The second-order valence-electron chi connectivity index (χ2n) is 8.58. The second-order valence-corrected chi connectivity index (χ2v) is 8.58. The number of piperidine rings is 1. The van der Waals surface area contributed by atoms with Crippen LogP contribution in [-0.4, -0.2) is 74.7 Å². The van der Waals surface area contributed by atoms with Gasteiger partial charge in [-0.25, -0.2) is 19.3 Å². The van der Waals surface area contributed by atoms with Gasteiger partial charge in [-0.2, -0.15) is 5.10 Å². The van der Waals surface area contributed by atoms with Gasteiger partial charge in [0, 0.05) is 40.2 Å². The number of amides is 2. The van der Waals surface area contributed by atoms with Crippen molar-refractivity contribution in [2.24, 2.45) is 0 Å². The lowest BCUT2D eigenvalue weighted by molar-refractivity contribution is 0.102. The minimum absolute atomic E-state index is 0.00995. The van der Waals surface area contributed by atoms with E-state index >= 15 is 0 Å². The summed E-state index contributed by atoms with van der Waals surface area (Å²) in [5, 5.41) is 4.48. The first-order chi connectivity index (χ1) is 15.5. The predicted octanol–water partition coefficient (Wildman–Crippen LogP) is 2.67. The number of hydrogen-bond acceptors (Lipinski definition) is 6. The third kappa shape index (κ3) is 3.31. The number of urea groups is 1. The summed E-state index contributed by atoms with van der Waals surface area (Å²) < 4.78 is 7.45. The van der Waals surface area contributed by atoms with E-state index in [1.807, 2.05) is 9.42 Å². The van der Waals surface area contributed by atoms with Gasteiger partial charge in [-0.15, -0.1) is 0 Å². The van der Waals surface area contributed by atoms with Crippen molar-refractivity contribution in [2.45, 2.75) is 31.3 Å². The van der Waals surface area contributed by atoms with E-state index in [9.17, 15) is 4.79 Å². The van der Waals surface area contributed by atoms with Crippen LogP contribution in [0.4, 0.5) is 10.6 Å². The van der Waals surface area contributed by atoms with E-state index in [2.05, 4.69) is 33.3 Å². The number of nitrogens with two attached hydrogens (primary N) is 1. The van der Waals surface area contributed by atoms with Gasteiger partial charge in [0.05, 0.1) is 11.4 Å². The van der Waals surface area contributed by atoms with Crippen LogP contribution < -0.4 is 5.73 Å². The summed E-state index contributed by atoms with van der Waals surface area (Å²) >= 11 is 0. The molecule has 0 saturated carbocycles. The van der Waals surface area contributed by atoms with Crippen molar-refractivity contribution in [3.63, 3.8) is 0 Å². The molecule has 3 aromatic heterocycles. The summed E-state index contributed by atoms with van der Waals surface area (Å²) in [5.74, 6) is 1.42. The van der Waals surface area contributed by atoms with Gasteiger partial charge in [-0.3, -0.25) is 0 Å². The molecule has 10 nitrogen and oxygen atoms in total. The molecule has 1 fully saturated rings. The summed E-state index contributed by atoms with van der Waals surface area (Å²) in [6, 6.07) is 2.12. The van der Waals surface area contributed by atoms with Gasteiger partial charge in [0.1, 0.15) is 29.5 Å². The largest absolute Gasteiger partial charge is 0.382 e. The zero-order chi connectivity index (χ0) is 22.4. The predicted molar refractivity (Wildman–Crippen MR) is 121 cm³/mol. The number of methoxy groups -OCH3 is 1. The normalized spacial score (nSPS) is 18.8. The molecule has 1 atom stereocenters. The van der Waals surface area contributed by atoms with Crippen LogP contribution in [0.5, 0.6) is 0 Å². The van der Waals surface area contributed by atoms with Gasteiger partial charge in [-0.05, 0) is 30.9 Å². The highest BCUT2D eigenvalue weighted by Crippen LogP contribution is 2.37. The molecule has 0 spiro atoms. The third-order valence-electron chi connectivity index (χ3n) is 6.39. The SMILES string of the molecule is COC1CC=Cc2cc(-c3nc(C4CCN(C(=O)N(C)C)CC4)n4ncnc(N)c34)[nH]c21. The lowest BCUT2D eigenvalue weighted by Gasteiger charge is -2.33. The van der Waals surface area contributed by atoms with Crippen LogP contribution in [-0.2, 0) is 4.74 Å². The molecule has 32 heavy (non-hydrogen) atoms. The average molecular weight is 437 g/mol. The van der Waals surface area contributed by atoms with Crippen molar-refractivity contribution in [3.05, 3.63) is 35.6 Å². The molecule has 1 unspecified atom stereocenters. The maximum atomic E-state index is 12.3. The molecule has 1 saturated heterocycles. The van der Waals surface area contributed by atoms with E-state index in [1.165, 1.54) is 6.33 Å². The first-order valence-corrected chi connectivity index (χ1v) is 10.9. The quantitative estimate of drug-likeness (QED) is 0.652. The number of hydrogen-bond donors (Lipinski definition) is 2. The molecule has 2 amide bonds. The van der Waals surface area contributed by atoms with Crippen LogP contribution in [0, 0.1) is 0 Å². The molecule has 2 aliphatic rings. The number of ether oxygens (including phenoxy) is 1. The van der Waals surface area contributed by atoms with Gasteiger partial charge >= 0.3 is 6.03 Å². The number of carbonyl (C=O) groups excluding carboxylic acids is 1. The number of aromatic amines is 1. The average Bonchev–Trinajstić information content (AvgIpc) is 3.41. The van der Waals surface area contributed by atoms with Gasteiger partial charge in [0.2, 0.25) is 0 Å². The Balaban J connectivity index is 1.52. The smallest absolute Gasteiger partial charge is 0.319 e. The molecule has 4 heterocycles. The highest BCUT2D eigenvalue weighted by Gasteiger charge is 2.30. The van der Waals surface area contributed by atoms with Gasteiger partial charge in [0.25, 0.3) is 0 Å². The number of H-pyrrole nitrogens is 1. The van der Waals surface area contributed by atoms with Crippen molar-refractivity contribution in [2.75, 3.05) is 40.0 Å². The van der Waals surface area contributed by atoms with Crippen LogP contribution in [0.3, 0.4) is 0 Å². The number of nitrogens with one attached hydrogen (secondary N) is 1. The Hall–Kier alpha value is -3.40. The molecular formula is C22H28N8O2. The zero-order valence-electron chi connectivity index (χ0n) is 18.6. The van der Waals surface area contributed by atoms with E-state index in [0.717, 1.165) is 47.7 Å². The fraction of sp³-hybridized carbons (Fsp3) is 0.455. The fourth-order valence-electron chi connectivity index (χ4n) is 4.71. The number of aromatic nitrogens is 5. The number of carbonyl (C=O) groups is 1. The highest BCUT2D eigenvalue weighted by molar-refractivity contribution is 5.85. The van der Waals surface area contributed by atoms with Crippen LogP contribution in [0.25, 0.3) is 23.0 Å². The van der Waals surface area contributed by atoms with Crippen molar-refractivity contribution in [1.82, 2.24) is 34.4 Å². The summed E-state index contributed by atoms with van der Waals surface area (Å²) in [5.41, 5.74) is 10.7. The fourth-order valence-corrected chi connectivity index (χ4v) is 4.71. The van der Waals surface area contributed by atoms with Crippen LogP contribution >= 0.6 is 0 Å². The van der Waals surface area contributed by atoms with Crippen molar-refractivity contribution >= 4 is 23.4 Å². The summed E-state index contributed by atoms with van der Waals surface area (Å²) in [4.78, 5) is 28.5. The first kappa shape index (κ1) is 20.5. The lowest BCUT2D eigenvalue weighted by atomic mass is 9.96. The van der Waals surface area contributed by atoms with E-state index in [1.54, 1.807) is 26.1 Å². The molecular weight excluding hydrogens is 408 g/mol. The molecule has 5 rings (SSSR count). The van der Waals surface area contributed by atoms with E-state index in [0.29, 0.717) is 24.4 Å². The van der Waals surface area contributed by atoms with Gasteiger partial charge in [0.15, 0.2) is 5.82 Å². The molecule has 0 aromatic carbocycles. The number of likely N-dealkylation sites (tertiary alicyclic amines) is 1. The number of nitrogens with zero attached hydrogens (tertiary/aromatic N) is 6. The van der Waals surface area contributed by atoms with Crippen molar-refractivity contribution in [1.29, 1.82) is 0 Å². The van der Waals surface area contributed by atoms with Crippen molar-refractivity contribution < 1.29 is 9.53 Å². The molecule has 3 N–H and O–H groups in total. The molecule has 3 aromatic rings. The summed E-state index contributed by atoms with van der Waals surface area (Å²) in [7, 11) is 5.28. The summed E-state index contributed by atoms with van der Waals surface area (Å²) in [6.07, 6.45) is 8.13. The van der Waals surface area contributed by atoms with E-state index in [-0.39, 0.29) is 18.1 Å². The van der Waals surface area contributed by atoms with Gasteiger partial charge in [-0.1, -0.05) is 12.2 Å². The van der Waals surface area contributed by atoms with Crippen LogP contribution in [0.15, 0.2) is 18.5 Å². The lowest BCUT2D eigenvalue weighted by Crippen LogP contribution is -2.43. The van der Waals surface area contributed by atoms with Crippen LogP contribution in [0.1, 0.15) is 48.4 Å². The standard InChI is InChI=1S/C22H28N8O2/c1-28(2)22(31)29-9-7-13(8-10-29)21-27-18(19-20(23)24-12-25-30(19)21)15-11-14-5-4-6-16(32-3)17(14)26-15/h4-5,11-13,16,26H,6-10H2,1-3H3,(H2,23,24,25). The van der Waals surface area contributed by atoms with E-state index < -0.39 is 0 Å². The Bertz CT molecular complexity index is 1190. The third-order valence-corrected chi connectivity index (χ3v) is 6.39. The Morgan fingerprint density at radius 2 is 2.09 bits per heavy atom. The molecule has 1 aliphatic carbocycles. The number of fused-ring (bicyclic) bond motifs is 2. The minimum atomic E-state index is -0.00995. The molecule has 10 heteroatoms. The Labute approximate surface area is 186 Å². The van der Waals surface area contributed by atoms with Crippen molar-refractivity contribution in [3.8, 4) is 11.4 Å². The maximum absolute atomic E-state index is 12.3. The maximum Gasteiger partial charge on any atom is 0.319 e. The first-order valence-electron chi connectivity index (χ1n) is 10.9. The Kier molecular flexibility index (Phi) is 5.09. The number of nitrogen functional groups attached to an aromatic ring is 1. The van der Waals surface area contributed by atoms with Gasteiger partial charge < -0.3 is 25.3 Å². The molecule has 168 valence electrons. The second kappa shape index (κ2) is 7.94. The number of anilines is 1. The molecule has 0 bridgehead atoms. The minimum Gasteiger partial charge on any atom is -0.382 e. The van der Waals surface area contributed by atoms with E-state index in [4.69, 9.17) is 15.5 Å². The van der Waals surface area contributed by atoms with Crippen LogP contribution in [0.2, 0.25) is 0 Å². The molecule has 1 aliphatic heterocycles. The number of imidazole rings is 1. The highest BCUT2D eigenvalue weighted by atomic mass is 16.5. The topological polar surface area (TPSA) is 118 Å². The Morgan fingerprint density at radius 1 is 1.31 bits per heavy atom.